The Bertz CT molecular complexity index is 2570. The van der Waals surface area contributed by atoms with Gasteiger partial charge in [-0.2, -0.15) is 0 Å². The maximum Gasteiger partial charge on any atom is 0.161 e. The zero-order valence-electron chi connectivity index (χ0n) is 24.9. The van der Waals surface area contributed by atoms with Crippen molar-refractivity contribution in [2.24, 2.45) is 0 Å². The average Bonchev–Trinajstić information content (AvgIpc) is 3.14. The smallest absolute Gasteiger partial charge is 0.161 e. The van der Waals surface area contributed by atoms with Gasteiger partial charge in [0.05, 0.1) is 16.9 Å². The van der Waals surface area contributed by atoms with Crippen LogP contribution in [0.2, 0.25) is 0 Å². The Morgan fingerprint density at radius 2 is 0.978 bits per heavy atom. The quantitative estimate of drug-likeness (QED) is 0.193. The van der Waals surface area contributed by atoms with Crippen LogP contribution < -0.4 is 0 Å². The van der Waals surface area contributed by atoms with Crippen LogP contribution >= 0.6 is 0 Å². The first-order valence-electron chi connectivity index (χ1n) is 15.5. The molecule has 9 aromatic rings. The van der Waals surface area contributed by atoms with Gasteiger partial charge in [0.2, 0.25) is 0 Å². The van der Waals surface area contributed by atoms with Gasteiger partial charge in [0.25, 0.3) is 0 Å². The van der Waals surface area contributed by atoms with E-state index in [0.717, 1.165) is 49.9 Å². The Hall–Kier alpha value is -6.19. The molecule has 0 bridgehead atoms. The average molecular weight is 586 g/mol. The van der Waals surface area contributed by atoms with Crippen molar-refractivity contribution in [1.82, 2.24) is 15.0 Å². The number of aromatic nitrogens is 3. The number of rotatable bonds is 4. The molecule has 0 atom stereocenters. The molecule has 0 radical (unpaired) electrons. The summed E-state index contributed by atoms with van der Waals surface area (Å²) < 4.78 is 0. The molecule has 0 amide bonds. The van der Waals surface area contributed by atoms with Crippen LogP contribution in [-0.4, -0.2) is 15.0 Å². The molecular formula is C43H27N3. The van der Waals surface area contributed by atoms with E-state index in [0.29, 0.717) is 5.82 Å². The van der Waals surface area contributed by atoms with Gasteiger partial charge in [-0.3, -0.25) is 4.98 Å². The minimum Gasteiger partial charge on any atom is -0.256 e. The first-order valence-corrected chi connectivity index (χ1v) is 15.5. The van der Waals surface area contributed by atoms with Crippen molar-refractivity contribution in [2.75, 3.05) is 0 Å². The van der Waals surface area contributed by atoms with Crippen molar-refractivity contribution >= 4 is 43.2 Å². The van der Waals surface area contributed by atoms with E-state index in [9.17, 15) is 0 Å². The van der Waals surface area contributed by atoms with E-state index in [1.807, 2.05) is 18.3 Å². The standard InChI is InChI=1S/C43H27N3/c1-2-11-30(12-3-1)40-27-41(31-21-18-29(19-22-31)33-24-25-44-39-17-9-8-15-36(33)39)46-43(45-40)38-26-32-23-20-28-10-4-5-13-34(28)42(32)37-16-7-6-14-35(37)38/h1-27H. The first-order chi connectivity index (χ1) is 22.8. The summed E-state index contributed by atoms with van der Waals surface area (Å²) >= 11 is 0. The summed E-state index contributed by atoms with van der Waals surface area (Å²) in [4.78, 5) is 15.0. The van der Waals surface area contributed by atoms with Gasteiger partial charge < -0.3 is 0 Å². The van der Waals surface area contributed by atoms with Gasteiger partial charge in [-0.25, -0.2) is 9.97 Å². The number of nitrogens with zero attached hydrogens (tertiary/aromatic N) is 3. The van der Waals surface area contributed by atoms with Crippen molar-refractivity contribution in [3.05, 3.63) is 164 Å². The number of hydrogen-bond acceptors (Lipinski definition) is 3. The molecule has 3 heteroatoms. The van der Waals surface area contributed by atoms with E-state index in [1.165, 1.54) is 32.5 Å². The predicted molar refractivity (Wildman–Crippen MR) is 192 cm³/mol. The van der Waals surface area contributed by atoms with Crippen LogP contribution in [0, 0.1) is 0 Å². The number of hydrogen-bond donors (Lipinski definition) is 0. The van der Waals surface area contributed by atoms with Gasteiger partial charge in [0.15, 0.2) is 5.82 Å². The SMILES string of the molecule is c1ccc(-c2cc(-c3ccc(-c4ccnc5ccccc45)cc3)nc(-c3cc4ccc5ccccc5c4c4ccccc34)n2)cc1. The van der Waals surface area contributed by atoms with Crippen LogP contribution in [0.3, 0.4) is 0 Å². The minimum atomic E-state index is 0.715. The molecule has 0 N–H and O–H groups in total. The normalized spacial score (nSPS) is 11.5. The Balaban J connectivity index is 1.24. The fourth-order valence-electron chi connectivity index (χ4n) is 6.70. The third kappa shape index (κ3) is 4.41. The van der Waals surface area contributed by atoms with Crippen LogP contribution in [0.15, 0.2) is 164 Å². The number of benzene rings is 7. The summed E-state index contributed by atoms with van der Waals surface area (Å²) in [5, 5.41) is 8.42. The van der Waals surface area contributed by atoms with Gasteiger partial charge in [0.1, 0.15) is 0 Å². The molecule has 0 unspecified atom stereocenters. The fourth-order valence-corrected chi connectivity index (χ4v) is 6.70. The number of para-hydroxylation sites is 1. The third-order valence-corrected chi connectivity index (χ3v) is 8.92. The molecule has 0 aliphatic rings. The molecular weight excluding hydrogens is 558 g/mol. The van der Waals surface area contributed by atoms with Gasteiger partial charge >= 0.3 is 0 Å². The largest absolute Gasteiger partial charge is 0.256 e. The van der Waals surface area contributed by atoms with Crippen molar-refractivity contribution in [1.29, 1.82) is 0 Å². The second kappa shape index (κ2) is 10.8. The van der Waals surface area contributed by atoms with Crippen LogP contribution in [0.5, 0.6) is 0 Å². The predicted octanol–water partition coefficient (Wildman–Crippen LogP) is 11.2. The van der Waals surface area contributed by atoms with Crippen LogP contribution in [0.25, 0.3) is 88.2 Å². The topological polar surface area (TPSA) is 38.7 Å². The highest BCUT2D eigenvalue weighted by molar-refractivity contribution is 6.23. The zero-order chi connectivity index (χ0) is 30.5. The third-order valence-electron chi connectivity index (χ3n) is 8.92. The van der Waals surface area contributed by atoms with Crippen molar-refractivity contribution in [3.8, 4) is 45.0 Å². The molecule has 46 heavy (non-hydrogen) atoms. The molecule has 7 aromatic carbocycles. The van der Waals surface area contributed by atoms with Crippen LogP contribution in [0.1, 0.15) is 0 Å². The summed E-state index contributed by atoms with van der Waals surface area (Å²) in [6.45, 7) is 0. The second-order valence-corrected chi connectivity index (χ2v) is 11.6. The molecule has 3 nitrogen and oxygen atoms in total. The van der Waals surface area contributed by atoms with E-state index in [-0.39, 0.29) is 0 Å². The maximum absolute atomic E-state index is 5.25. The monoisotopic (exact) mass is 585 g/mol. The lowest BCUT2D eigenvalue weighted by Gasteiger charge is -2.14. The highest BCUT2D eigenvalue weighted by Crippen LogP contribution is 2.39. The number of pyridine rings is 1. The lowest BCUT2D eigenvalue weighted by Crippen LogP contribution is -1.97. The fraction of sp³-hybridized carbons (Fsp3) is 0. The molecule has 0 saturated heterocycles. The molecule has 0 spiro atoms. The summed E-state index contributed by atoms with van der Waals surface area (Å²) in [5.41, 5.74) is 8.21. The summed E-state index contributed by atoms with van der Waals surface area (Å²) in [5.74, 6) is 0.715. The van der Waals surface area contributed by atoms with E-state index in [1.54, 1.807) is 0 Å². The summed E-state index contributed by atoms with van der Waals surface area (Å²) in [6, 6.07) is 55.4. The molecule has 9 rings (SSSR count). The molecule has 214 valence electrons. The van der Waals surface area contributed by atoms with Gasteiger partial charge in [0, 0.05) is 28.3 Å². The van der Waals surface area contributed by atoms with E-state index >= 15 is 0 Å². The Labute approximate surface area is 266 Å². The molecule has 0 aliphatic carbocycles. The van der Waals surface area contributed by atoms with E-state index < -0.39 is 0 Å². The van der Waals surface area contributed by atoms with Crippen molar-refractivity contribution in [2.45, 2.75) is 0 Å². The maximum atomic E-state index is 5.25. The van der Waals surface area contributed by atoms with Gasteiger partial charge in [-0.1, -0.05) is 133 Å². The first kappa shape index (κ1) is 26.2. The highest BCUT2D eigenvalue weighted by Gasteiger charge is 2.16. The Morgan fingerprint density at radius 1 is 0.370 bits per heavy atom. The van der Waals surface area contributed by atoms with E-state index in [2.05, 4.69) is 151 Å². The summed E-state index contributed by atoms with van der Waals surface area (Å²) in [6.07, 6.45) is 1.88. The Kier molecular flexibility index (Phi) is 6.14. The summed E-state index contributed by atoms with van der Waals surface area (Å²) in [7, 11) is 0. The minimum absolute atomic E-state index is 0.715. The van der Waals surface area contributed by atoms with E-state index in [4.69, 9.17) is 9.97 Å². The zero-order valence-corrected chi connectivity index (χ0v) is 24.9. The van der Waals surface area contributed by atoms with Gasteiger partial charge in [-0.05, 0) is 67.7 Å². The molecule has 0 saturated carbocycles. The molecule has 0 aliphatic heterocycles. The van der Waals surface area contributed by atoms with Gasteiger partial charge in [-0.15, -0.1) is 0 Å². The Morgan fingerprint density at radius 3 is 1.78 bits per heavy atom. The molecule has 2 heterocycles. The molecule has 0 fully saturated rings. The highest BCUT2D eigenvalue weighted by atomic mass is 14.9. The number of fused-ring (bicyclic) bond motifs is 6. The lowest BCUT2D eigenvalue weighted by molar-refractivity contribution is 1.19. The van der Waals surface area contributed by atoms with Crippen LogP contribution in [-0.2, 0) is 0 Å². The lowest BCUT2D eigenvalue weighted by atomic mass is 9.93. The molecule has 2 aromatic heterocycles. The second-order valence-electron chi connectivity index (χ2n) is 11.6. The van der Waals surface area contributed by atoms with Crippen molar-refractivity contribution < 1.29 is 0 Å². The van der Waals surface area contributed by atoms with Crippen LogP contribution in [0.4, 0.5) is 0 Å². The van der Waals surface area contributed by atoms with Crippen molar-refractivity contribution in [3.63, 3.8) is 0 Å².